The molecule has 0 radical (unpaired) electrons. The molecule has 1 unspecified atom stereocenters. The lowest BCUT2D eigenvalue weighted by atomic mass is 9.84. The van der Waals surface area contributed by atoms with Crippen molar-refractivity contribution in [3.8, 4) is 0 Å². The second kappa shape index (κ2) is 4.56. The van der Waals surface area contributed by atoms with Crippen LogP contribution in [0.3, 0.4) is 0 Å². The van der Waals surface area contributed by atoms with Gasteiger partial charge in [0, 0.05) is 22.8 Å². The van der Waals surface area contributed by atoms with E-state index in [9.17, 15) is 0 Å². The summed E-state index contributed by atoms with van der Waals surface area (Å²) in [7, 11) is 0. The zero-order valence-electron chi connectivity index (χ0n) is 9.37. The van der Waals surface area contributed by atoms with Crippen molar-refractivity contribution in [1.82, 2.24) is 4.90 Å². The molecule has 0 amide bonds. The molecule has 2 rings (SSSR count). The highest BCUT2D eigenvalue weighted by molar-refractivity contribution is 9.09. The molecule has 1 aromatic rings. The quantitative estimate of drug-likeness (QED) is 0.749. The summed E-state index contributed by atoms with van der Waals surface area (Å²) >= 11 is 5.66. The van der Waals surface area contributed by atoms with E-state index in [-0.39, 0.29) is 0 Å². The Kier molecular flexibility index (Phi) is 3.53. The lowest BCUT2D eigenvalue weighted by Gasteiger charge is -2.41. The SMILES string of the molecule is CC1(C)CN(Cc2cccs2)CCC1Br. The predicted molar refractivity (Wildman–Crippen MR) is 70.7 cm³/mol. The van der Waals surface area contributed by atoms with E-state index in [0.717, 1.165) is 6.54 Å². The highest BCUT2D eigenvalue weighted by atomic mass is 79.9. The number of rotatable bonds is 2. The van der Waals surface area contributed by atoms with Crippen LogP contribution in [0.1, 0.15) is 25.1 Å². The molecule has 0 bridgehead atoms. The highest BCUT2D eigenvalue weighted by Gasteiger charge is 2.33. The maximum atomic E-state index is 3.79. The Bertz CT molecular complexity index is 307. The third kappa shape index (κ3) is 2.83. The summed E-state index contributed by atoms with van der Waals surface area (Å²) in [5.74, 6) is 0. The first-order valence-electron chi connectivity index (χ1n) is 5.47. The molecular formula is C12H18BrNS. The number of hydrogen-bond acceptors (Lipinski definition) is 2. The lowest BCUT2D eigenvalue weighted by Crippen LogP contribution is -2.45. The minimum absolute atomic E-state index is 0.398. The number of thiophene rings is 1. The van der Waals surface area contributed by atoms with E-state index in [1.165, 1.54) is 24.4 Å². The number of halogens is 1. The smallest absolute Gasteiger partial charge is 0.0328 e. The molecule has 0 aromatic carbocycles. The van der Waals surface area contributed by atoms with Crippen LogP contribution < -0.4 is 0 Å². The molecule has 1 saturated heterocycles. The van der Waals surface area contributed by atoms with E-state index < -0.39 is 0 Å². The van der Waals surface area contributed by atoms with Gasteiger partial charge in [-0.2, -0.15) is 0 Å². The first kappa shape index (κ1) is 11.6. The molecule has 0 spiro atoms. The average Bonchev–Trinajstić information content (AvgIpc) is 2.63. The number of piperidine rings is 1. The second-order valence-corrected chi connectivity index (χ2v) is 7.17. The zero-order chi connectivity index (χ0) is 10.9. The summed E-state index contributed by atoms with van der Waals surface area (Å²) in [4.78, 5) is 4.73. The molecule has 1 nitrogen and oxygen atoms in total. The fraction of sp³-hybridized carbons (Fsp3) is 0.667. The molecule has 0 N–H and O–H groups in total. The monoisotopic (exact) mass is 287 g/mol. The summed E-state index contributed by atoms with van der Waals surface area (Å²) in [6, 6.07) is 4.38. The Hall–Kier alpha value is 0.140. The summed E-state index contributed by atoms with van der Waals surface area (Å²) in [6.45, 7) is 8.25. The van der Waals surface area contributed by atoms with Crippen molar-refractivity contribution in [2.24, 2.45) is 5.41 Å². The Morgan fingerprint density at radius 1 is 1.60 bits per heavy atom. The van der Waals surface area contributed by atoms with Crippen LogP contribution in [0, 0.1) is 5.41 Å². The van der Waals surface area contributed by atoms with Gasteiger partial charge in [0.05, 0.1) is 0 Å². The molecule has 0 saturated carbocycles. The fourth-order valence-corrected chi connectivity index (χ4v) is 3.29. The molecule has 84 valence electrons. The highest BCUT2D eigenvalue weighted by Crippen LogP contribution is 2.35. The maximum absolute atomic E-state index is 3.79. The van der Waals surface area contributed by atoms with Crippen molar-refractivity contribution in [2.75, 3.05) is 13.1 Å². The molecule has 15 heavy (non-hydrogen) atoms. The van der Waals surface area contributed by atoms with Gasteiger partial charge in [-0.15, -0.1) is 11.3 Å². The van der Waals surface area contributed by atoms with Crippen molar-refractivity contribution < 1.29 is 0 Å². The molecule has 3 heteroatoms. The maximum Gasteiger partial charge on any atom is 0.0328 e. The third-order valence-corrected chi connectivity index (χ3v) is 5.70. The molecular weight excluding hydrogens is 270 g/mol. The molecule has 1 aliphatic rings. The standard InChI is InChI=1S/C12H18BrNS/c1-12(2)9-14(6-5-11(12)13)8-10-4-3-7-15-10/h3-4,7,11H,5-6,8-9H2,1-2H3. The first-order valence-corrected chi connectivity index (χ1v) is 7.26. The first-order chi connectivity index (χ1) is 7.08. The number of likely N-dealkylation sites (tertiary alicyclic amines) is 1. The molecule has 1 fully saturated rings. The average molecular weight is 288 g/mol. The van der Waals surface area contributed by atoms with Crippen LogP contribution >= 0.6 is 27.3 Å². The van der Waals surface area contributed by atoms with Crippen LogP contribution in [0.25, 0.3) is 0 Å². The van der Waals surface area contributed by atoms with E-state index in [4.69, 9.17) is 0 Å². The van der Waals surface area contributed by atoms with Crippen LogP contribution in [-0.2, 0) is 6.54 Å². The lowest BCUT2D eigenvalue weighted by molar-refractivity contribution is 0.121. The van der Waals surface area contributed by atoms with Gasteiger partial charge in [0.25, 0.3) is 0 Å². The van der Waals surface area contributed by atoms with E-state index >= 15 is 0 Å². The minimum Gasteiger partial charge on any atom is -0.298 e. The molecule has 1 atom stereocenters. The fourth-order valence-electron chi connectivity index (χ4n) is 2.20. The van der Waals surface area contributed by atoms with Gasteiger partial charge in [0.1, 0.15) is 0 Å². The number of nitrogens with zero attached hydrogens (tertiary/aromatic N) is 1. The third-order valence-electron chi connectivity index (χ3n) is 3.14. The van der Waals surface area contributed by atoms with Gasteiger partial charge in [-0.25, -0.2) is 0 Å². The van der Waals surface area contributed by atoms with Crippen molar-refractivity contribution in [1.29, 1.82) is 0 Å². The zero-order valence-corrected chi connectivity index (χ0v) is 11.8. The van der Waals surface area contributed by atoms with Crippen LogP contribution in [0.4, 0.5) is 0 Å². The van der Waals surface area contributed by atoms with E-state index in [2.05, 4.69) is 52.2 Å². The van der Waals surface area contributed by atoms with Gasteiger partial charge in [-0.1, -0.05) is 35.8 Å². The van der Waals surface area contributed by atoms with Gasteiger partial charge >= 0.3 is 0 Å². The van der Waals surface area contributed by atoms with Crippen molar-refractivity contribution in [2.45, 2.75) is 31.6 Å². The Morgan fingerprint density at radius 3 is 3.00 bits per heavy atom. The van der Waals surface area contributed by atoms with Gasteiger partial charge in [0.15, 0.2) is 0 Å². The van der Waals surface area contributed by atoms with Crippen LogP contribution in [0.5, 0.6) is 0 Å². The van der Waals surface area contributed by atoms with Gasteiger partial charge in [-0.3, -0.25) is 4.90 Å². The van der Waals surface area contributed by atoms with Crippen molar-refractivity contribution >= 4 is 27.3 Å². The van der Waals surface area contributed by atoms with Crippen molar-refractivity contribution in [3.63, 3.8) is 0 Å². The van der Waals surface area contributed by atoms with Crippen LogP contribution in [0.15, 0.2) is 17.5 Å². The summed E-state index contributed by atoms with van der Waals surface area (Å²) < 4.78 is 0. The van der Waals surface area contributed by atoms with Gasteiger partial charge < -0.3 is 0 Å². The second-order valence-electron chi connectivity index (χ2n) is 5.03. The summed E-state index contributed by atoms with van der Waals surface area (Å²) in [6.07, 6.45) is 1.26. The van der Waals surface area contributed by atoms with Crippen LogP contribution in [0.2, 0.25) is 0 Å². The molecule has 0 aliphatic carbocycles. The molecule has 1 aromatic heterocycles. The Labute approximate surface area is 105 Å². The minimum atomic E-state index is 0.398. The van der Waals surface area contributed by atoms with Crippen LogP contribution in [-0.4, -0.2) is 22.8 Å². The largest absolute Gasteiger partial charge is 0.298 e. The predicted octanol–water partition coefficient (Wildman–Crippen LogP) is 3.74. The van der Waals surface area contributed by atoms with E-state index in [0.29, 0.717) is 10.2 Å². The summed E-state index contributed by atoms with van der Waals surface area (Å²) in [5, 5.41) is 2.16. The Balaban J connectivity index is 1.95. The number of hydrogen-bond donors (Lipinski definition) is 0. The van der Waals surface area contributed by atoms with Gasteiger partial charge in [-0.05, 0) is 29.8 Å². The van der Waals surface area contributed by atoms with Crippen molar-refractivity contribution in [3.05, 3.63) is 22.4 Å². The van der Waals surface area contributed by atoms with E-state index in [1.54, 1.807) is 0 Å². The number of alkyl halides is 1. The normalized spacial score (nSPS) is 26.7. The topological polar surface area (TPSA) is 3.24 Å². The summed E-state index contributed by atoms with van der Waals surface area (Å²) in [5.41, 5.74) is 0.398. The molecule has 1 aliphatic heterocycles. The Morgan fingerprint density at radius 2 is 2.40 bits per heavy atom. The molecule has 2 heterocycles. The van der Waals surface area contributed by atoms with Gasteiger partial charge in [0.2, 0.25) is 0 Å². The van der Waals surface area contributed by atoms with E-state index in [1.807, 2.05) is 11.3 Å².